The van der Waals surface area contributed by atoms with E-state index in [0.717, 1.165) is 5.39 Å². The van der Waals surface area contributed by atoms with Crippen LogP contribution in [0.2, 0.25) is 0 Å². The Morgan fingerprint density at radius 3 is 2.13 bits per heavy atom. The zero-order valence-corrected chi connectivity index (χ0v) is 15.7. The fourth-order valence-corrected chi connectivity index (χ4v) is 3.95. The molecule has 0 radical (unpaired) electrons. The van der Waals surface area contributed by atoms with E-state index >= 15 is 0 Å². The number of rotatable bonds is 4. The molecule has 0 saturated heterocycles. The van der Waals surface area contributed by atoms with Crippen molar-refractivity contribution >= 4 is 37.5 Å². The van der Waals surface area contributed by atoms with E-state index in [9.17, 15) is 30.4 Å². The maximum Gasteiger partial charge on any atom is 0.323 e. The summed E-state index contributed by atoms with van der Waals surface area (Å²) in [5, 5.41) is 1.82. The summed E-state index contributed by atoms with van der Waals surface area (Å²) in [6.07, 6.45) is 0. The average Bonchev–Trinajstić information content (AvgIpc) is 3.05. The second-order valence-corrected chi connectivity index (χ2v) is 7.71. The summed E-state index contributed by atoms with van der Waals surface area (Å²) in [5.74, 6) is -12.2. The highest BCUT2D eigenvalue weighted by Gasteiger charge is 2.35. The third-order valence-electron chi connectivity index (χ3n) is 4.43. The molecular formula is C19H10F5NO4S. The third kappa shape index (κ3) is 2.97. The van der Waals surface area contributed by atoms with Gasteiger partial charge in [0.2, 0.25) is 5.82 Å². The van der Waals surface area contributed by atoms with E-state index in [1.807, 2.05) is 5.48 Å². The first-order valence-corrected chi connectivity index (χ1v) is 9.66. The maximum atomic E-state index is 13.9. The Bertz CT molecular complexity index is 1400. The van der Waals surface area contributed by atoms with Crippen molar-refractivity contribution in [3.63, 3.8) is 0 Å². The first-order chi connectivity index (χ1) is 14.1. The number of hydrogen-bond donors (Lipinski definition) is 1. The molecule has 0 bridgehead atoms. The van der Waals surface area contributed by atoms with Crippen molar-refractivity contribution in [1.29, 1.82) is 0 Å². The van der Waals surface area contributed by atoms with Gasteiger partial charge in [0.1, 0.15) is 17.0 Å². The lowest BCUT2D eigenvalue weighted by Crippen LogP contribution is -2.18. The zero-order valence-electron chi connectivity index (χ0n) is 14.9. The Labute approximate surface area is 165 Å². The van der Waals surface area contributed by atoms with E-state index in [0.29, 0.717) is 16.4 Å². The minimum atomic E-state index is -5.45. The normalized spacial score (nSPS) is 12.1. The summed E-state index contributed by atoms with van der Waals surface area (Å²) in [7, 11) is -5.45. The number of nitrogens with one attached hydrogen (secondary N) is 1. The van der Waals surface area contributed by atoms with Crippen LogP contribution in [0.1, 0.15) is 5.76 Å². The number of furan rings is 1. The summed E-state index contributed by atoms with van der Waals surface area (Å²) in [6.45, 7) is 1.46. The van der Waals surface area contributed by atoms with Gasteiger partial charge in [-0.25, -0.2) is 27.4 Å². The summed E-state index contributed by atoms with van der Waals surface area (Å²) >= 11 is 0. The maximum absolute atomic E-state index is 13.9. The molecule has 1 heterocycles. The quantitative estimate of drug-likeness (QED) is 0.200. The Morgan fingerprint density at radius 1 is 0.867 bits per heavy atom. The van der Waals surface area contributed by atoms with Crippen LogP contribution in [-0.4, -0.2) is 8.42 Å². The van der Waals surface area contributed by atoms with Crippen LogP contribution in [0, 0.1) is 36.0 Å². The summed E-state index contributed by atoms with van der Waals surface area (Å²) in [6, 6.07) is 10.4. The molecule has 156 valence electrons. The number of hydrogen-bond acceptors (Lipinski definition) is 5. The Hall–Kier alpha value is -3.18. The van der Waals surface area contributed by atoms with Crippen molar-refractivity contribution in [3.05, 3.63) is 71.2 Å². The van der Waals surface area contributed by atoms with E-state index in [1.165, 1.54) is 6.92 Å². The van der Waals surface area contributed by atoms with Crippen molar-refractivity contribution in [1.82, 2.24) is 0 Å². The van der Waals surface area contributed by atoms with Crippen LogP contribution in [0.3, 0.4) is 0 Å². The number of fused-ring (bicyclic) bond motifs is 3. The van der Waals surface area contributed by atoms with Crippen LogP contribution < -0.4 is 5.48 Å². The predicted molar refractivity (Wildman–Crippen MR) is 96.6 cm³/mol. The van der Waals surface area contributed by atoms with Crippen molar-refractivity contribution in [3.8, 4) is 0 Å². The molecule has 0 spiro atoms. The molecule has 0 aliphatic rings. The molecule has 1 aromatic heterocycles. The molecule has 0 saturated carbocycles. The molecule has 0 atom stereocenters. The number of benzene rings is 3. The van der Waals surface area contributed by atoms with Gasteiger partial charge in [-0.2, -0.15) is 8.42 Å². The molecule has 3 aromatic carbocycles. The van der Waals surface area contributed by atoms with E-state index in [2.05, 4.69) is 4.28 Å². The van der Waals surface area contributed by atoms with Gasteiger partial charge in [-0.05, 0) is 23.8 Å². The first-order valence-electron chi connectivity index (χ1n) is 8.25. The van der Waals surface area contributed by atoms with Gasteiger partial charge in [0.05, 0.1) is 5.39 Å². The lowest BCUT2D eigenvalue weighted by atomic mass is 10.1. The largest absolute Gasteiger partial charge is 0.459 e. The fraction of sp³-hybridized carbons (Fsp3) is 0.0526. The van der Waals surface area contributed by atoms with Gasteiger partial charge >= 0.3 is 10.1 Å². The first kappa shape index (κ1) is 20.1. The summed E-state index contributed by atoms with van der Waals surface area (Å²) in [5.41, 5.74) is 2.38. The van der Waals surface area contributed by atoms with Gasteiger partial charge in [0.25, 0.3) is 0 Å². The van der Waals surface area contributed by atoms with Crippen LogP contribution in [0.15, 0.2) is 45.7 Å². The molecule has 1 N–H and O–H groups in total. The van der Waals surface area contributed by atoms with E-state index in [1.54, 1.807) is 36.4 Å². The average molecular weight is 443 g/mol. The Balaban J connectivity index is 1.80. The van der Waals surface area contributed by atoms with E-state index in [4.69, 9.17) is 4.42 Å². The van der Waals surface area contributed by atoms with Crippen molar-refractivity contribution in [2.24, 2.45) is 0 Å². The minimum absolute atomic E-state index is 0.00856. The highest BCUT2D eigenvalue weighted by atomic mass is 32.2. The molecule has 0 aliphatic heterocycles. The molecule has 0 unspecified atom stereocenters. The number of anilines is 1. The van der Waals surface area contributed by atoms with Crippen molar-refractivity contribution in [2.75, 3.05) is 5.48 Å². The molecule has 30 heavy (non-hydrogen) atoms. The van der Waals surface area contributed by atoms with Gasteiger partial charge in [0, 0.05) is 0 Å². The van der Waals surface area contributed by atoms with E-state index in [-0.39, 0.29) is 11.4 Å². The van der Waals surface area contributed by atoms with Crippen LogP contribution in [-0.2, 0) is 14.4 Å². The van der Waals surface area contributed by atoms with Gasteiger partial charge < -0.3 is 4.42 Å². The van der Waals surface area contributed by atoms with Crippen molar-refractivity contribution in [2.45, 2.75) is 11.8 Å². The fourth-order valence-electron chi connectivity index (χ4n) is 3.05. The van der Waals surface area contributed by atoms with Gasteiger partial charge in [0.15, 0.2) is 28.2 Å². The van der Waals surface area contributed by atoms with Crippen molar-refractivity contribution < 1.29 is 39.1 Å². The van der Waals surface area contributed by atoms with Crippen LogP contribution >= 0.6 is 0 Å². The topological polar surface area (TPSA) is 68.5 Å². The SMILES string of the molecule is Cc1oc2ccc3ccccc3c2c1NOS(=O)(=O)c1c(F)c(F)c(F)c(F)c1F. The monoisotopic (exact) mass is 443 g/mol. The lowest BCUT2D eigenvalue weighted by molar-refractivity contribution is 0.340. The molecular weight excluding hydrogens is 433 g/mol. The van der Waals surface area contributed by atoms with Gasteiger partial charge in [-0.15, -0.1) is 4.28 Å². The minimum Gasteiger partial charge on any atom is -0.459 e. The number of halogens is 5. The molecule has 4 rings (SSSR count). The summed E-state index contributed by atoms with van der Waals surface area (Å²) < 4.78 is 102. The summed E-state index contributed by atoms with van der Waals surface area (Å²) in [4.78, 5) is -2.11. The molecule has 11 heteroatoms. The Kier molecular flexibility index (Phi) is 4.66. The smallest absolute Gasteiger partial charge is 0.323 e. The third-order valence-corrected chi connectivity index (χ3v) is 5.59. The highest BCUT2D eigenvalue weighted by Crippen LogP contribution is 2.37. The zero-order chi connectivity index (χ0) is 21.8. The van der Waals surface area contributed by atoms with Gasteiger partial charge in [-0.1, -0.05) is 30.3 Å². The lowest BCUT2D eigenvalue weighted by Gasteiger charge is -2.10. The van der Waals surface area contributed by atoms with Crippen LogP contribution in [0.4, 0.5) is 27.6 Å². The van der Waals surface area contributed by atoms with Crippen LogP contribution in [0.5, 0.6) is 0 Å². The predicted octanol–water partition coefficient (Wildman–Crippen LogP) is 5.32. The highest BCUT2D eigenvalue weighted by molar-refractivity contribution is 7.86. The van der Waals surface area contributed by atoms with Gasteiger partial charge in [-0.3, -0.25) is 0 Å². The molecule has 0 aliphatic carbocycles. The van der Waals surface area contributed by atoms with Crippen LogP contribution in [0.25, 0.3) is 21.7 Å². The number of aryl methyl sites for hydroxylation is 1. The standard InChI is InChI=1S/C19H10F5NO4S/c1-8-18(12-10-5-3-2-4-9(10)6-7-11(12)28-8)25-29-30(26,27)19-16(23)14(21)13(20)15(22)17(19)24/h2-7,25H,1H3. The second kappa shape index (κ2) is 6.96. The molecule has 5 nitrogen and oxygen atoms in total. The van der Waals surface area contributed by atoms with E-state index < -0.39 is 44.1 Å². The molecule has 0 amide bonds. The molecule has 0 fully saturated rings. The molecule has 4 aromatic rings. The second-order valence-electron chi connectivity index (χ2n) is 6.23. The Morgan fingerprint density at radius 2 is 1.47 bits per heavy atom.